The van der Waals surface area contributed by atoms with E-state index in [2.05, 4.69) is 20.0 Å². The normalized spacial score (nSPS) is 10.3. The number of nitrogens with zero attached hydrogens (tertiary/aromatic N) is 1. The van der Waals surface area contributed by atoms with E-state index >= 15 is 0 Å². The highest BCUT2D eigenvalue weighted by Crippen LogP contribution is 2.18. The molecular weight excluding hydrogens is 218 g/mol. The number of imidazole rings is 1. The number of carbonyl (C=O) groups excluding carboxylic acids is 1. The first kappa shape index (κ1) is 9.79. The van der Waals surface area contributed by atoms with Gasteiger partial charge in [0.1, 0.15) is 0 Å². The molecule has 78 valence electrons. The second-order valence-electron chi connectivity index (χ2n) is 2.86. The Kier molecular flexibility index (Phi) is 2.47. The summed E-state index contributed by atoms with van der Waals surface area (Å²) in [6.45, 7) is 0. The third-order valence-electron chi connectivity index (χ3n) is 1.85. The van der Waals surface area contributed by atoms with E-state index in [1.165, 1.54) is 7.11 Å². The zero-order valence-electron chi connectivity index (χ0n) is 7.87. The van der Waals surface area contributed by atoms with Crippen LogP contribution in [0.5, 0.6) is 0 Å². The van der Waals surface area contributed by atoms with Gasteiger partial charge >= 0.3 is 6.09 Å². The monoisotopic (exact) mass is 225 g/mol. The largest absolute Gasteiger partial charge is 0.453 e. The quantitative estimate of drug-likeness (QED) is 0.783. The van der Waals surface area contributed by atoms with E-state index in [4.69, 9.17) is 11.6 Å². The van der Waals surface area contributed by atoms with Crippen LogP contribution in [0.15, 0.2) is 18.2 Å². The maximum absolute atomic E-state index is 10.9. The number of methoxy groups -OCH3 is 1. The van der Waals surface area contributed by atoms with Gasteiger partial charge in [0.2, 0.25) is 5.95 Å². The van der Waals surface area contributed by atoms with Gasteiger partial charge in [-0.05, 0) is 18.2 Å². The molecular formula is C9H8ClN3O2. The fourth-order valence-corrected chi connectivity index (χ4v) is 1.35. The number of rotatable bonds is 1. The van der Waals surface area contributed by atoms with Crippen LogP contribution >= 0.6 is 11.6 Å². The number of aromatic amines is 1. The number of anilines is 1. The molecule has 0 aliphatic rings. The van der Waals surface area contributed by atoms with Crippen LogP contribution in [-0.2, 0) is 4.74 Å². The molecule has 0 aliphatic heterocycles. The molecule has 15 heavy (non-hydrogen) atoms. The first-order valence-corrected chi connectivity index (χ1v) is 4.57. The Morgan fingerprint density at radius 2 is 2.40 bits per heavy atom. The fraction of sp³-hybridized carbons (Fsp3) is 0.111. The minimum atomic E-state index is -0.569. The summed E-state index contributed by atoms with van der Waals surface area (Å²) in [5.74, 6) is 0.333. The first-order chi connectivity index (χ1) is 7.19. The highest BCUT2D eigenvalue weighted by Gasteiger charge is 2.06. The summed E-state index contributed by atoms with van der Waals surface area (Å²) in [4.78, 5) is 17.9. The van der Waals surface area contributed by atoms with Crippen LogP contribution in [0, 0.1) is 0 Å². The summed E-state index contributed by atoms with van der Waals surface area (Å²) in [6, 6.07) is 5.23. The topological polar surface area (TPSA) is 67.0 Å². The molecule has 0 fully saturated rings. The van der Waals surface area contributed by atoms with Crippen LogP contribution in [0.1, 0.15) is 0 Å². The Labute approximate surface area is 90.4 Å². The van der Waals surface area contributed by atoms with Crippen molar-refractivity contribution in [3.8, 4) is 0 Å². The van der Waals surface area contributed by atoms with Gasteiger partial charge in [0, 0.05) is 5.02 Å². The number of amides is 1. The summed E-state index contributed by atoms with van der Waals surface area (Å²) >= 11 is 5.80. The third-order valence-corrected chi connectivity index (χ3v) is 2.09. The standard InChI is InChI=1S/C9H8ClN3O2/c1-15-9(14)13-8-11-6-3-2-5(10)4-7(6)12-8/h2-4H,1H3,(H2,11,12,13,14). The van der Waals surface area contributed by atoms with Gasteiger partial charge in [-0.15, -0.1) is 0 Å². The number of H-pyrrole nitrogens is 1. The van der Waals surface area contributed by atoms with Crippen molar-refractivity contribution in [1.29, 1.82) is 0 Å². The fourth-order valence-electron chi connectivity index (χ4n) is 1.19. The smallest absolute Gasteiger partial charge is 0.413 e. The lowest BCUT2D eigenvalue weighted by Crippen LogP contribution is -2.11. The summed E-state index contributed by atoms with van der Waals surface area (Å²) in [5, 5.41) is 3.03. The molecule has 0 spiro atoms. The Morgan fingerprint density at radius 3 is 3.13 bits per heavy atom. The second-order valence-corrected chi connectivity index (χ2v) is 3.30. The number of nitrogens with one attached hydrogen (secondary N) is 2. The molecule has 0 aliphatic carbocycles. The highest BCUT2D eigenvalue weighted by atomic mass is 35.5. The van der Waals surface area contributed by atoms with Gasteiger partial charge in [0.15, 0.2) is 0 Å². The number of aromatic nitrogens is 2. The molecule has 0 saturated heterocycles. The van der Waals surface area contributed by atoms with Crippen molar-refractivity contribution in [2.75, 3.05) is 12.4 Å². The lowest BCUT2D eigenvalue weighted by Gasteiger charge is -1.96. The molecule has 0 radical (unpaired) electrons. The molecule has 1 aromatic carbocycles. The predicted molar refractivity (Wildman–Crippen MR) is 57.1 cm³/mol. The lowest BCUT2D eigenvalue weighted by molar-refractivity contribution is 0.186. The van der Waals surface area contributed by atoms with E-state index < -0.39 is 6.09 Å². The molecule has 6 heteroatoms. The lowest BCUT2D eigenvalue weighted by atomic mass is 10.3. The zero-order valence-corrected chi connectivity index (χ0v) is 8.63. The molecule has 2 aromatic rings. The molecule has 1 amide bonds. The van der Waals surface area contributed by atoms with Gasteiger partial charge in [0.25, 0.3) is 0 Å². The number of hydrogen-bond acceptors (Lipinski definition) is 3. The van der Waals surface area contributed by atoms with E-state index in [-0.39, 0.29) is 0 Å². The summed E-state index contributed by atoms with van der Waals surface area (Å²) in [5.41, 5.74) is 1.49. The van der Waals surface area contributed by atoms with Crippen LogP contribution in [0.2, 0.25) is 5.02 Å². The summed E-state index contributed by atoms with van der Waals surface area (Å²) < 4.78 is 4.44. The Hall–Kier alpha value is -1.75. The Balaban J connectivity index is 2.34. The third kappa shape index (κ3) is 2.02. The van der Waals surface area contributed by atoms with E-state index in [9.17, 15) is 4.79 Å². The number of halogens is 1. The summed E-state index contributed by atoms with van der Waals surface area (Å²) in [7, 11) is 1.29. The van der Waals surface area contributed by atoms with Crippen molar-refractivity contribution in [2.24, 2.45) is 0 Å². The Morgan fingerprint density at radius 1 is 1.60 bits per heavy atom. The van der Waals surface area contributed by atoms with E-state index in [1.807, 2.05) is 0 Å². The molecule has 1 heterocycles. The van der Waals surface area contributed by atoms with E-state index in [0.717, 1.165) is 5.52 Å². The first-order valence-electron chi connectivity index (χ1n) is 4.19. The van der Waals surface area contributed by atoms with Crippen molar-refractivity contribution >= 4 is 34.7 Å². The zero-order chi connectivity index (χ0) is 10.8. The van der Waals surface area contributed by atoms with E-state index in [1.54, 1.807) is 18.2 Å². The number of hydrogen-bond donors (Lipinski definition) is 2. The average Bonchev–Trinajstić information content (AvgIpc) is 2.59. The van der Waals surface area contributed by atoms with Crippen LogP contribution in [0.3, 0.4) is 0 Å². The number of benzene rings is 1. The van der Waals surface area contributed by atoms with Gasteiger partial charge in [-0.2, -0.15) is 0 Å². The molecule has 2 rings (SSSR count). The number of carbonyl (C=O) groups is 1. The average molecular weight is 226 g/mol. The predicted octanol–water partition coefficient (Wildman–Crippen LogP) is 2.39. The Bertz CT molecular complexity index is 509. The van der Waals surface area contributed by atoms with Crippen LogP contribution in [0.4, 0.5) is 10.7 Å². The van der Waals surface area contributed by atoms with Gasteiger partial charge in [-0.25, -0.2) is 9.78 Å². The molecule has 1 aromatic heterocycles. The molecule has 0 saturated carbocycles. The maximum atomic E-state index is 10.9. The molecule has 0 bridgehead atoms. The molecule has 0 atom stereocenters. The SMILES string of the molecule is COC(=O)Nc1nc2cc(Cl)ccc2[nH]1. The molecule has 2 N–H and O–H groups in total. The van der Waals surface area contributed by atoms with Crippen molar-refractivity contribution in [3.63, 3.8) is 0 Å². The molecule has 5 nitrogen and oxygen atoms in total. The maximum Gasteiger partial charge on any atom is 0.413 e. The van der Waals surface area contributed by atoms with Gasteiger partial charge in [-0.1, -0.05) is 11.6 Å². The van der Waals surface area contributed by atoms with Gasteiger partial charge < -0.3 is 9.72 Å². The van der Waals surface area contributed by atoms with Crippen molar-refractivity contribution in [2.45, 2.75) is 0 Å². The van der Waals surface area contributed by atoms with Gasteiger partial charge in [-0.3, -0.25) is 5.32 Å². The van der Waals surface area contributed by atoms with Crippen LogP contribution in [-0.4, -0.2) is 23.2 Å². The van der Waals surface area contributed by atoms with E-state index in [0.29, 0.717) is 16.5 Å². The van der Waals surface area contributed by atoms with Gasteiger partial charge in [0.05, 0.1) is 18.1 Å². The van der Waals surface area contributed by atoms with Crippen molar-refractivity contribution in [1.82, 2.24) is 9.97 Å². The minimum absolute atomic E-state index is 0.333. The molecule has 0 unspecified atom stereocenters. The number of fused-ring (bicyclic) bond motifs is 1. The highest BCUT2D eigenvalue weighted by molar-refractivity contribution is 6.31. The second kappa shape index (κ2) is 3.78. The minimum Gasteiger partial charge on any atom is -0.453 e. The van der Waals surface area contributed by atoms with Crippen LogP contribution < -0.4 is 5.32 Å². The van der Waals surface area contributed by atoms with Crippen LogP contribution in [0.25, 0.3) is 11.0 Å². The van der Waals surface area contributed by atoms with Crippen molar-refractivity contribution in [3.05, 3.63) is 23.2 Å². The summed E-state index contributed by atoms with van der Waals surface area (Å²) in [6.07, 6.45) is -0.569. The van der Waals surface area contributed by atoms with Crippen molar-refractivity contribution < 1.29 is 9.53 Å². The number of ether oxygens (including phenoxy) is 1.